The molecule has 1 N–H and O–H groups in total. The maximum Gasteiger partial charge on any atom is 0.328 e. The molecule has 178 valence electrons. The number of hydrogen-bond donors (Lipinski definition) is 1. The Kier molecular flexibility index (Phi) is 5.59. The smallest absolute Gasteiger partial charge is 0.328 e. The molecular formula is C26H29N3O5. The maximum absolute atomic E-state index is 13.6. The molecule has 0 spiro atoms. The fraction of sp³-hybridized carbons (Fsp3) is 0.385. The summed E-state index contributed by atoms with van der Waals surface area (Å²) in [6.07, 6.45) is 2.16. The molecule has 0 saturated carbocycles. The van der Waals surface area contributed by atoms with Gasteiger partial charge in [-0.25, -0.2) is 4.79 Å². The zero-order chi connectivity index (χ0) is 24.0. The lowest BCUT2D eigenvalue weighted by atomic mass is 9.88. The van der Waals surface area contributed by atoms with Crippen LogP contribution in [0.15, 0.2) is 36.4 Å². The molecule has 8 heteroatoms. The molecule has 8 nitrogen and oxygen atoms in total. The third-order valence-electron chi connectivity index (χ3n) is 6.87. The molecule has 2 atom stereocenters. The highest BCUT2D eigenvalue weighted by Crippen LogP contribution is 2.47. The third kappa shape index (κ3) is 3.20. The predicted octanol–water partition coefficient (Wildman–Crippen LogP) is 4.27. The molecule has 1 aromatic heterocycles. The molecule has 0 unspecified atom stereocenters. The van der Waals surface area contributed by atoms with Gasteiger partial charge < -0.3 is 19.2 Å². The molecule has 5 rings (SSSR count). The van der Waals surface area contributed by atoms with Gasteiger partial charge >= 0.3 is 6.03 Å². The molecule has 1 fully saturated rings. The number of unbranched alkanes of at least 4 members (excludes halogenated alkanes) is 1. The van der Waals surface area contributed by atoms with Crippen LogP contribution in [-0.2, 0) is 11.2 Å². The standard InChI is InChI=1S/C26H29N3O5/c1-5-6-11-28-25(30)19-14-17-16-9-7-8-10-18(16)27-22(17)23(29(19)26(28)31)15-12-20(32-2)24(34-4)21(13-15)33-3/h7-10,12-13,19,23,27H,5-6,11,14H2,1-4H3/t19-,23+/m1/s1. The fourth-order valence-electron chi connectivity index (χ4n) is 5.26. The molecule has 34 heavy (non-hydrogen) atoms. The van der Waals surface area contributed by atoms with E-state index in [2.05, 4.69) is 11.1 Å². The van der Waals surface area contributed by atoms with Gasteiger partial charge in [0.05, 0.1) is 21.3 Å². The van der Waals surface area contributed by atoms with Crippen molar-refractivity contribution in [3.05, 3.63) is 53.2 Å². The molecule has 3 amide bonds. The molecule has 0 aliphatic carbocycles. The normalized spacial score (nSPS) is 19.4. The van der Waals surface area contributed by atoms with Crippen molar-refractivity contribution in [3.8, 4) is 17.2 Å². The lowest BCUT2D eigenvalue weighted by Crippen LogP contribution is -2.44. The van der Waals surface area contributed by atoms with E-state index in [4.69, 9.17) is 14.2 Å². The van der Waals surface area contributed by atoms with Crippen LogP contribution in [0.3, 0.4) is 0 Å². The van der Waals surface area contributed by atoms with Crippen molar-refractivity contribution in [3.63, 3.8) is 0 Å². The van der Waals surface area contributed by atoms with Gasteiger partial charge in [-0.3, -0.25) is 14.6 Å². The Bertz CT molecular complexity index is 1240. The number of benzene rings is 2. The van der Waals surface area contributed by atoms with Gasteiger partial charge in [0, 0.05) is 29.6 Å². The minimum Gasteiger partial charge on any atom is -0.493 e. The Morgan fingerprint density at radius 1 is 1.03 bits per heavy atom. The van der Waals surface area contributed by atoms with Gasteiger partial charge in [-0.15, -0.1) is 0 Å². The Morgan fingerprint density at radius 2 is 1.74 bits per heavy atom. The number of carbonyl (C=O) groups is 2. The van der Waals surface area contributed by atoms with E-state index in [1.807, 2.05) is 37.3 Å². The van der Waals surface area contributed by atoms with Gasteiger partial charge in [0.2, 0.25) is 5.75 Å². The average Bonchev–Trinajstić information content (AvgIpc) is 3.35. The highest BCUT2D eigenvalue weighted by Gasteiger charge is 2.52. The van der Waals surface area contributed by atoms with Crippen LogP contribution in [0, 0.1) is 0 Å². The van der Waals surface area contributed by atoms with Gasteiger partial charge in [-0.1, -0.05) is 31.5 Å². The number of rotatable bonds is 7. The number of fused-ring (bicyclic) bond motifs is 4. The van der Waals surface area contributed by atoms with E-state index in [0.29, 0.717) is 30.2 Å². The Morgan fingerprint density at radius 3 is 2.38 bits per heavy atom. The second-order valence-electron chi connectivity index (χ2n) is 8.68. The quantitative estimate of drug-likeness (QED) is 0.529. The van der Waals surface area contributed by atoms with Crippen LogP contribution in [0.1, 0.15) is 42.6 Å². The number of nitrogens with one attached hydrogen (secondary N) is 1. The summed E-state index contributed by atoms with van der Waals surface area (Å²) in [5.41, 5.74) is 3.73. The van der Waals surface area contributed by atoms with Crippen LogP contribution in [-0.4, -0.2) is 60.6 Å². The van der Waals surface area contributed by atoms with E-state index in [1.165, 1.54) is 4.90 Å². The Labute approximate surface area is 198 Å². The van der Waals surface area contributed by atoms with Gasteiger partial charge in [-0.05, 0) is 35.7 Å². The lowest BCUT2D eigenvalue weighted by molar-refractivity contribution is -0.128. The van der Waals surface area contributed by atoms with Crippen molar-refractivity contribution in [2.24, 2.45) is 0 Å². The SMILES string of the molecule is CCCCN1C(=O)[C@H]2Cc3c([nH]c4ccccc34)[C@H](c3cc(OC)c(OC)c(OC)c3)N2C1=O. The first-order valence-electron chi connectivity index (χ1n) is 11.6. The van der Waals surface area contributed by atoms with Crippen molar-refractivity contribution in [2.75, 3.05) is 27.9 Å². The summed E-state index contributed by atoms with van der Waals surface area (Å²) in [4.78, 5) is 33.7. The number of amides is 3. The average molecular weight is 464 g/mol. The van der Waals surface area contributed by atoms with E-state index >= 15 is 0 Å². The number of aromatic nitrogens is 1. The van der Waals surface area contributed by atoms with E-state index in [1.54, 1.807) is 26.2 Å². The summed E-state index contributed by atoms with van der Waals surface area (Å²) in [6.45, 7) is 2.48. The summed E-state index contributed by atoms with van der Waals surface area (Å²) in [7, 11) is 4.69. The second-order valence-corrected chi connectivity index (χ2v) is 8.68. The fourth-order valence-corrected chi connectivity index (χ4v) is 5.26. The van der Waals surface area contributed by atoms with Gasteiger partial charge in [0.15, 0.2) is 11.5 Å². The van der Waals surface area contributed by atoms with Crippen LogP contribution in [0.25, 0.3) is 10.9 Å². The van der Waals surface area contributed by atoms with Gasteiger partial charge in [-0.2, -0.15) is 0 Å². The van der Waals surface area contributed by atoms with Gasteiger partial charge in [0.25, 0.3) is 5.91 Å². The van der Waals surface area contributed by atoms with E-state index < -0.39 is 12.1 Å². The number of imide groups is 1. The van der Waals surface area contributed by atoms with Crippen LogP contribution in [0.5, 0.6) is 17.2 Å². The van der Waals surface area contributed by atoms with Crippen LogP contribution in [0.2, 0.25) is 0 Å². The van der Waals surface area contributed by atoms with E-state index in [0.717, 1.165) is 40.6 Å². The van der Waals surface area contributed by atoms with Crippen molar-refractivity contribution >= 4 is 22.8 Å². The van der Waals surface area contributed by atoms with Crippen molar-refractivity contribution in [1.29, 1.82) is 0 Å². The molecule has 0 radical (unpaired) electrons. The van der Waals surface area contributed by atoms with Crippen molar-refractivity contribution < 1.29 is 23.8 Å². The highest BCUT2D eigenvalue weighted by atomic mass is 16.5. The number of hydrogen-bond acceptors (Lipinski definition) is 5. The number of urea groups is 1. The molecule has 2 aromatic carbocycles. The molecule has 1 saturated heterocycles. The molecule has 3 aromatic rings. The molecule has 2 aliphatic rings. The first-order valence-corrected chi connectivity index (χ1v) is 11.6. The zero-order valence-electron chi connectivity index (χ0n) is 19.9. The van der Waals surface area contributed by atoms with E-state index in [-0.39, 0.29) is 11.9 Å². The summed E-state index contributed by atoms with van der Waals surface area (Å²) in [5, 5.41) is 1.07. The predicted molar refractivity (Wildman–Crippen MR) is 128 cm³/mol. The first-order chi connectivity index (χ1) is 16.5. The van der Waals surface area contributed by atoms with Crippen molar-refractivity contribution in [2.45, 2.75) is 38.3 Å². The van der Waals surface area contributed by atoms with Crippen LogP contribution >= 0.6 is 0 Å². The summed E-state index contributed by atoms with van der Waals surface area (Å²) in [5.74, 6) is 1.34. The molecule has 2 aliphatic heterocycles. The van der Waals surface area contributed by atoms with Crippen LogP contribution in [0.4, 0.5) is 4.79 Å². The Hall–Kier alpha value is -3.68. The summed E-state index contributed by atoms with van der Waals surface area (Å²) >= 11 is 0. The van der Waals surface area contributed by atoms with Crippen molar-refractivity contribution in [1.82, 2.24) is 14.8 Å². The topological polar surface area (TPSA) is 84.1 Å². The summed E-state index contributed by atoms with van der Waals surface area (Å²) in [6, 6.07) is 10.4. The lowest BCUT2D eigenvalue weighted by Gasteiger charge is -2.36. The second kappa shape index (κ2) is 8.59. The zero-order valence-corrected chi connectivity index (χ0v) is 19.9. The first kappa shape index (κ1) is 22.1. The molecule has 0 bridgehead atoms. The highest BCUT2D eigenvalue weighted by molar-refractivity contribution is 6.05. The minimum atomic E-state index is -0.555. The number of para-hydroxylation sites is 1. The van der Waals surface area contributed by atoms with Crippen LogP contribution < -0.4 is 14.2 Å². The third-order valence-corrected chi connectivity index (χ3v) is 6.87. The van der Waals surface area contributed by atoms with E-state index in [9.17, 15) is 9.59 Å². The number of aromatic amines is 1. The number of H-pyrrole nitrogens is 1. The maximum atomic E-state index is 13.6. The molecule has 3 heterocycles. The number of ether oxygens (including phenoxy) is 3. The largest absolute Gasteiger partial charge is 0.493 e. The van der Waals surface area contributed by atoms with Gasteiger partial charge in [0.1, 0.15) is 12.1 Å². The Balaban J connectivity index is 1.72. The summed E-state index contributed by atoms with van der Waals surface area (Å²) < 4.78 is 16.7. The minimum absolute atomic E-state index is 0.133. The number of carbonyl (C=O) groups excluding carboxylic acids is 2. The molecular weight excluding hydrogens is 434 g/mol. The number of nitrogens with zero attached hydrogens (tertiary/aromatic N) is 2. The monoisotopic (exact) mass is 463 g/mol. The number of methoxy groups -OCH3 is 3.